The van der Waals surface area contributed by atoms with Crippen LogP contribution in [0.1, 0.15) is 21.5 Å². The van der Waals surface area contributed by atoms with Gasteiger partial charge in [0.25, 0.3) is 0 Å². The zero-order valence-electron chi connectivity index (χ0n) is 15.7. The molecule has 6 nitrogen and oxygen atoms in total. The number of carboxylic acids is 1. The topological polar surface area (TPSA) is 98.3 Å². The number of carbonyl (C=O) groups is 1. The van der Waals surface area contributed by atoms with Crippen molar-refractivity contribution in [2.75, 3.05) is 6.26 Å². The highest BCUT2D eigenvalue weighted by Gasteiger charge is 2.16. The van der Waals surface area contributed by atoms with Crippen LogP contribution < -0.4 is 10.5 Å². The quantitative estimate of drug-likeness (QED) is 0.392. The molecule has 0 unspecified atom stereocenters. The summed E-state index contributed by atoms with van der Waals surface area (Å²) in [6.07, 6.45) is 3.07. The maximum absolute atomic E-state index is 11.1. The molecule has 0 aliphatic heterocycles. The van der Waals surface area contributed by atoms with Crippen LogP contribution in [-0.2, 0) is 6.54 Å². The van der Waals surface area contributed by atoms with Crippen molar-refractivity contribution in [3.8, 4) is 11.6 Å². The van der Waals surface area contributed by atoms with Crippen LogP contribution in [0, 0.1) is 6.92 Å². The highest BCUT2D eigenvalue weighted by molar-refractivity contribution is 7.98. The lowest BCUT2D eigenvalue weighted by Gasteiger charge is -2.10. The third kappa shape index (κ3) is 6.90. The number of nitrogens with zero attached hydrogens (tertiary/aromatic N) is 2. The maximum atomic E-state index is 11.1. The van der Waals surface area contributed by atoms with E-state index in [0.29, 0.717) is 27.5 Å². The lowest BCUT2D eigenvalue weighted by Crippen LogP contribution is -2.04. The smallest absolute Gasteiger partial charge is 0.342 e. The van der Waals surface area contributed by atoms with E-state index >= 15 is 0 Å². The average molecular weight is 452 g/mol. The van der Waals surface area contributed by atoms with Gasteiger partial charge in [-0.1, -0.05) is 53.2 Å². The number of aromatic nitrogens is 2. The molecule has 0 amide bonds. The van der Waals surface area contributed by atoms with Gasteiger partial charge in [0, 0.05) is 22.8 Å². The molecule has 0 bridgehead atoms. The highest BCUT2D eigenvalue weighted by Crippen LogP contribution is 2.27. The van der Waals surface area contributed by atoms with E-state index in [1.54, 1.807) is 24.3 Å². The number of thioether (sulfide) groups is 1. The summed E-state index contributed by atoms with van der Waals surface area (Å²) < 4.78 is 5.60. The zero-order valence-corrected chi connectivity index (χ0v) is 18.1. The fraction of sp³-hybridized carbons (Fsp3) is 0.150. The minimum Gasteiger partial charge on any atom is -0.477 e. The normalized spacial score (nSPS) is 10.1. The standard InChI is InChI=1S/C13H12N2O3S.C7H7Cl2N/c1-8-5-3-4-6-10(8)18-11-9(12(16)17)7-14-13(15-11)19-2;8-6-1-5(4-10)2-7(9)3-6/h3-7H,1-2H3,(H,16,17);1-3H,4,10H2. The van der Waals surface area contributed by atoms with Gasteiger partial charge in [-0.15, -0.1) is 0 Å². The molecule has 2 aromatic carbocycles. The lowest BCUT2D eigenvalue weighted by atomic mass is 10.2. The number of carboxylic acid groups (broad SMARTS) is 1. The second-order valence-electron chi connectivity index (χ2n) is 5.73. The molecule has 0 saturated carbocycles. The minimum absolute atomic E-state index is 0.0546. The summed E-state index contributed by atoms with van der Waals surface area (Å²) in [7, 11) is 0. The molecule has 0 spiro atoms. The van der Waals surface area contributed by atoms with Gasteiger partial charge < -0.3 is 15.6 Å². The SMILES string of the molecule is CSc1ncc(C(=O)O)c(Oc2ccccc2C)n1.NCc1cc(Cl)cc(Cl)c1. The Morgan fingerprint density at radius 3 is 2.41 bits per heavy atom. The molecule has 152 valence electrons. The molecule has 0 saturated heterocycles. The Labute approximate surface area is 183 Å². The Morgan fingerprint density at radius 1 is 1.21 bits per heavy atom. The maximum Gasteiger partial charge on any atom is 0.342 e. The van der Waals surface area contributed by atoms with E-state index in [0.717, 1.165) is 11.1 Å². The molecule has 0 radical (unpaired) electrons. The van der Waals surface area contributed by atoms with Gasteiger partial charge >= 0.3 is 5.97 Å². The van der Waals surface area contributed by atoms with Crippen LogP contribution >= 0.6 is 35.0 Å². The van der Waals surface area contributed by atoms with Gasteiger partial charge in [-0.2, -0.15) is 4.98 Å². The first-order valence-electron chi connectivity index (χ1n) is 8.37. The molecule has 3 aromatic rings. The van der Waals surface area contributed by atoms with Crippen molar-refractivity contribution in [2.45, 2.75) is 18.6 Å². The number of aryl methyl sites for hydroxylation is 1. The number of nitrogens with two attached hydrogens (primary N) is 1. The van der Waals surface area contributed by atoms with E-state index in [4.69, 9.17) is 38.8 Å². The molecule has 1 aromatic heterocycles. The second kappa shape index (κ2) is 11.0. The average Bonchev–Trinajstić information content (AvgIpc) is 2.69. The van der Waals surface area contributed by atoms with E-state index < -0.39 is 5.97 Å². The van der Waals surface area contributed by atoms with Crippen LogP contribution in [0.15, 0.2) is 53.8 Å². The van der Waals surface area contributed by atoms with Crippen LogP contribution in [-0.4, -0.2) is 27.3 Å². The van der Waals surface area contributed by atoms with Crippen LogP contribution in [0.2, 0.25) is 10.0 Å². The van der Waals surface area contributed by atoms with Gasteiger partial charge in [-0.05, 0) is 48.6 Å². The molecular formula is C20H19Cl2N3O3S. The van der Waals surface area contributed by atoms with E-state index in [-0.39, 0.29) is 11.4 Å². The van der Waals surface area contributed by atoms with Crippen molar-refractivity contribution in [3.05, 3.63) is 75.4 Å². The Kier molecular flexibility index (Phi) is 8.72. The lowest BCUT2D eigenvalue weighted by molar-refractivity contribution is 0.0692. The number of aromatic carboxylic acids is 1. The van der Waals surface area contributed by atoms with Crippen LogP contribution in [0.25, 0.3) is 0 Å². The summed E-state index contributed by atoms with van der Waals surface area (Å²) in [6, 6.07) is 12.6. The van der Waals surface area contributed by atoms with E-state index in [1.165, 1.54) is 18.0 Å². The molecule has 3 rings (SSSR count). The fourth-order valence-electron chi connectivity index (χ4n) is 2.18. The van der Waals surface area contributed by atoms with Crippen molar-refractivity contribution >= 4 is 40.9 Å². The third-order valence-corrected chi connectivity index (χ3v) is 4.60. The van der Waals surface area contributed by atoms with E-state index in [2.05, 4.69) is 9.97 Å². The van der Waals surface area contributed by atoms with E-state index in [9.17, 15) is 4.79 Å². The van der Waals surface area contributed by atoms with E-state index in [1.807, 2.05) is 31.4 Å². The first-order chi connectivity index (χ1) is 13.8. The van der Waals surface area contributed by atoms with Gasteiger partial charge in [0.1, 0.15) is 11.3 Å². The molecule has 9 heteroatoms. The number of rotatable bonds is 5. The van der Waals surface area contributed by atoms with Crippen molar-refractivity contribution in [3.63, 3.8) is 0 Å². The second-order valence-corrected chi connectivity index (χ2v) is 7.38. The van der Waals surface area contributed by atoms with Crippen LogP contribution in [0.5, 0.6) is 11.6 Å². The monoisotopic (exact) mass is 451 g/mol. The van der Waals surface area contributed by atoms with Crippen molar-refractivity contribution in [1.82, 2.24) is 9.97 Å². The Bertz CT molecular complexity index is 982. The summed E-state index contributed by atoms with van der Waals surface area (Å²) in [5.41, 5.74) is 7.18. The largest absolute Gasteiger partial charge is 0.477 e. The number of hydrogen-bond acceptors (Lipinski definition) is 6. The molecule has 3 N–H and O–H groups in total. The minimum atomic E-state index is -1.11. The summed E-state index contributed by atoms with van der Waals surface area (Å²) in [5, 5.41) is 10.8. The predicted molar refractivity (Wildman–Crippen MR) is 116 cm³/mol. The van der Waals surface area contributed by atoms with Gasteiger partial charge in [0.2, 0.25) is 5.88 Å². The number of hydrogen-bond donors (Lipinski definition) is 2. The first kappa shape index (κ1) is 23.0. The zero-order chi connectivity index (χ0) is 21.4. The van der Waals surface area contributed by atoms with Crippen molar-refractivity contribution < 1.29 is 14.6 Å². The summed E-state index contributed by atoms with van der Waals surface area (Å²) in [5.74, 6) is -0.479. The number of benzene rings is 2. The Balaban J connectivity index is 0.000000253. The highest BCUT2D eigenvalue weighted by atomic mass is 35.5. The molecule has 0 aliphatic carbocycles. The fourth-order valence-corrected chi connectivity index (χ4v) is 3.08. The van der Waals surface area contributed by atoms with Crippen LogP contribution in [0.3, 0.4) is 0 Å². The summed E-state index contributed by atoms with van der Waals surface area (Å²) in [4.78, 5) is 19.2. The number of ether oxygens (including phenoxy) is 1. The molecular weight excluding hydrogens is 433 g/mol. The number of halogens is 2. The van der Waals surface area contributed by atoms with Gasteiger partial charge in [-0.3, -0.25) is 0 Å². The van der Waals surface area contributed by atoms with Gasteiger partial charge in [0.05, 0.1) is 0 Å². The van der Waals surface area contributed by atoms with Crippen LogP contribution in [0.4, 0.5) is 0 Å². The Morgan fingerprint density at radius 2 is 1.86 bits per heavy atom. The van der Waals surface area contributed by atoms with Gasteiger partial charge in [0.15, 0.2) is 5.16 Å². The number of para-hydroxylation sites is 1. The van der Waals surface area contributed by atoms with Crippen molar-refractivity contribution in [2.24, 2.45) is 5.73 Å². The van der Waals surface area contributed by atoms with Crippen molar-refractivity contribution in [1.29, 1.82) is 0 Å². The molecule has 1 heterocycles. The molecule has 0 aliphatic rings. The van der Waals surface area contributed by atoms with Gasteiger partial charge in [-0.25, -0.2) is 9.78 Å². The molecule has 29 heavy (non-hydrogen) atoms. The predicted octanol–water partition coefficient (Wildman–Crippen LogP) is 5.45. The third-order valence-electron chi connectivity index (χ3n) is 3.60. The summed E-state index contributed by atoms with van der Waals surface area (Å²) in [6.45, 7) is 2.35. The Hall–Kier alpha value is -2.32. The summed E-state index contributed by atoms with van der Waals surface area (Å²) >= 11 is 12.7. The first-order valence-corrected chi connectivity index (χ1v) is 10.3. The molecule has 0 atom stereocenters. The molecule has 0 fully saturated rings.